The summed E-state index contributed by atoms with van der Waals surface area (Å²) in [6.45, 7) is 2.76. The summed E-state index contributed by atoms with van der Waals surface area (Å²) >= 11 is 11.1. The van der Waals surface area contributed by atoms with Gasteiger partial charge in [0.25, 0.3) is 0 Å². The molecule has 84 valence electrons. The molecule has 2 aromatic rings. The number of hydrogen-bond acceptors (Lipinski definition) is 3. The highest BCUT2D eigenvalue weighted by atomic mass is 79.9. The van der Waals surface area contributed by atoms with Crippen molar-refractivity contribution in [3.8, 4) is 0 Å². The lowest BCUT2D eigenvalue weighted by Gasteiger charge is -2.07. The van der Waals surface area contributed by atoms with Crippen LogP contribution in [-0.2, 0) is 6.54 Å². The molecule has 16 heavy (non-hydrogen) atoms. The van der Waals surface area contributed by atoms with Gasteiger partial charge in [-0.05, 0) is 46.6 Å². The van der Waals surface area contributed by atoms with Gasteiger partial charge < -0.3 is 5.32 Å². The maximum Gasteiger partial charge on any atom is 0.152 e. The molecule has 0 unspecified atom stereocenters. The van der Waals surface area contributed by atoms with Crippen LogP contribution in [0.1, 0.15) is 10.4 Å². The fourth-order valence-electron chi connectivity index (χ4n) is 1.31. The summed E-state index contributed by atoms with van der Waals surface area (Å²) in [5.41, 5.74) is 1.98. The second-order valence-corrected chi connectivity index (χ2v) is 6.32. The van der Waals surface area contributed by atoms with E-state index in [2.05, 4.69) is 32.3 Å². The van der Waals surface area contributed by atoms with Crippen LogP contribution in [0, 0.1) is 6.92 Å². The highest BCUT2D eigenvalue weighted by Crippen LogP contribution is 2.25. The quantitative estimate of drug-likeness (QED) is 0.844. The third-order valence-electron chi connectivity index (χ3n) is 2.06. The lowest BCUT2D eigenvalue weighted by atomic mass is 10.3. The first-order valence-electron chi connectivity index (χ1n) is 4.75. The summed E-state index contributed by atoms with van der Waals surface area (Å²) < 4.78 is 1.14. The Labute approximate surface area is 112 Å². The zero-order valence-electron chi connectivity index (χ0n) is 8.63. The van der Waals surface area contributed by atoms with Crippen LogP contribution in [0.15, 0.2) is 28.2 Å². The van der Waals surface area contributed by atoms with Crippen LogP contribution in [0.25, 0.3) is 0 Å². The highest BCUT2D eigenvalue weighted by molar-refractivity contribution is 9.11. The normalized spacial score (nSPS) is 10.4. The van der Waals surface area contributed by atoms with Crippen molar-refractivity contribution in [2.24, 2.45) is 0 Å². The molecule has 1 N–H and O–H groups in total. The largest absolute Gasteiger partial charge is 0.378 e. The van der Waals surface area contributed by atoms with E-state index in [-0.39, 0.29) is 0 Å². The smallest absolute Gasteiger partial charge is 0.152 e. The van der Waals surface area contributed by atoms with Crippen molar-refractivity contribution in [2.75, 3.05) is 5.32 Å². The minimum Gasteiger partial charge on any atom is -0.378 e. The van der Waals surface area contributed by atoms with Crippen LogP contribution in [0.2, 0.25) is 5.15 Å². The van der Waals surface area contributed by atoms with Gasteiger partial charge in [-0.2, -0.15) is 0 Å². The molecular formula is C11H10BrClN2S. The van der Waals surface area contributed by atoms with Crippen molar-refractivity contribution in [3.63, 3.8) is 0 Å². The molecule has 0 bridgehead atoms. The summed E-state index contributed by atoms with van der Waals surface area (Å²) in [7, 11) is 0. The Hall–Kier alpha value is -0.580. The molecule has 0 atom stereocenters. The molecular weight excluding hydrogens is 308 g/mol. The SMILES string of the molecule is Cc1cnc(Cl)c(NCc2ccc(Br)s2)c1. The van der Waals surface area contributed by atoms with E-state index in [1.54, 1.807) is 17.5 Å². The number of aryl methyl sites for hydroxylation is 1. The molecule has 0 amide bonds. The molecule has 2 rings (SSSR count). The average Bonchev–Trinajstić information content (AvgIpc) is 2.66. The van der Waals surface area contributed by atoms with Crippen LogP contribution in [0.4, 0.5) is 5.69 Å². The fraction of sp³-hybridized carbons (Fsp3) is 0.182. The first-order valence-corrected chi connectivity index (χ1v) is 6.74. The molecule has 0 radical (unpaired) electrons. The number of hydrogen-bond donors (Lipinski definition) is 1. The van der Waals surface area contributed by atoms with Gasteiger partial charge in [0.05, 0.1) is 9.47 Å². The summed E-state index contributed by atoms with van der Waals surface area (Å²) in [5.74, 6) is 0. The topological polar surface area (TPSA) is 24.9 Å². The lowest BCUT2D eigenvalue weighted by Crippen LogP contribution is -1.99. The van der Waals surface area contributed by atoms with E-state index in [0.717, 1.165) is 21.6 Å². The fourth-order valence-corrected chi connectivity index (χ4v) is 2.90. The number of pyridine rings is 1. The van der Waals surface area contributed by atoms with E-state index >= 15 is 0 Å². The van der Waals surface area contributed by atoms with Gasteiger partial charge in [0.2, 0.25) is 0 Å². The Morgan fingerprint density at radius 3 is 3.00 bits per heavy atom. The van der Waals surface area contributed by atoms with Crippen LogP contribution in [-0.4, -0.2) is 4.98 Å². The summed E-state index contributed by atoms with van der Waals surface area (Å²) in [6, 6.07) is 6.12. The molecule has 0 saturated heterocycles. The minimum atomic E-state index is 0.515. The predicted molar refractivity (Wildman–Crippen MR) is 73.3 cm³/mol. The molecule has 5 heteroatoms. The Bertz CT molecular complexity index is 498. The third kappa shape index (κ3) is 2.97. The molecule has 2 nitrogen and oxygen atoms in total. The Morgan fingerprint density at radius 2 is 2.31 bits per heavy atom. The van der Waals surface area contributed by atoms with E-state index in [9.17, 15) is 0 Å². The van der Waals surface area contributed by atoms with Crippen molar-refractivity contribution in [1.29, 1.82) is 0 Å². The minimum absolute atomic E-state index is 0.515. The number of nitrogens with one attached hydrogen (secondary N) is 1. The summed E-state index contributed by atoms with van der Waals surface area (Å²) in [6.07, 6.45) is 1.76. The number of nitrogens with zero attached hydrogens (tertiary/aromatic N) is 1. The maximum atomic E-state index is 5.99. The van der Waals surface area contributed by atoms with Crippen LogP contribution in [0.3, 0.4) is 0 Å². The van der Waals surface area contributed by atoms with Crippen LogP contribution < -0.4 is 5.32 Å². The molecule has 0 aliphatic heterocycles. The Balaban J connectivity index is 2.07. The monoisotopic (exact) mass is 316 g/mol. The van der Waals surface area contributed by atoms with E-state index < -0.39 is 0 Å². The molecule has 2 aromatic heterocycles. The first kappa shape index (κ1) is 11.9. The number of aromatic nitrogens is 1. The van der Waals surface area contributed by atoms with Crippen LogP contribution in [0.5, 0.6) is 0 Å². The van der Waals surface area contributed by atoms with Gasteiger partial charge in [0.15, 0.2) is 5.15 Å². The van der Waals surface area contributed by atoms with Crippen molar-refractivity contribution in [3.05, 3.63) is 43.8 Å². The molecule has 0 saturated carbocycles. The average molecular weight is 318 g/mol. The van der Waals surface area contributed by atoms with Crippen molar-refractivity contribution >= 4 is 44.6 Å². The van der Waals surface area contributed by atoms with Gasteiger partial charge in [0.1, 0.15) is 0 Å². The van der Waals surface area contributed by atoms with E-state index in [1.165, 1.54) is 4.88 Å². The molecule has 0 fully saturated rings. The number of rotatable bonds is 3. The Morgan fingerprint density at radius 1 is 1.50 bits per heavy atom. The third-order valence-corrected chi connectivity index (χ3v) is 3.98. The second kappa shape index (κ2) is 5.17. The standard InChI is InChI=1S/C11H10BrClN2S/c1-7-4-9(11(13)15-5-7)14-6-8-2-3-10(12)16-8/h2-5,14H,6H2,1H3. The lowest BCUT2D eigenvalue weighted by molar-refractivity contribution is 1.16. The van der Waals surface area contributed by atoms with Gasteiger partial charge >= 0.3 is 0 Å². The number of anilines is 1. The summed E-state index contributed by atoms with van der Waals surface area (Å²) in [4.78, 5) is 5.35. The van der Waals surface area contributed by atoms with Gasteiger partial charge in [-0.3, -0.25) is 0 Å². The van der Waals surface area contributed by atoms with E-state index in [0.29, 0.717) is 5.15 Å². The molecule has 0 spiro atoms. The Kier molecular flexibility index (Phi) is 3.84. The van der Waals surface area contributed by atoms with Crippen molar-refractivity contribution in [2.45, 2.75) is 13.5 Å². The van der Waals surface area contributed by atoms with Gasteiger partial charge in [-0.15, -0.1) is 11.3 Å². The molecule has 2 heterocycles. The van der Waals surface area contributed by atoms with Gasteiger partial charge in [-0.1, -0.05) is 11.6 Å². The van der Waals surface area contributed by atoms with E-state index in [4.69, 9.17) is 11.6 Å². The van der Waals surface area contributed by atoms with Crippen molar-refractivity contribution < 1.29 is 0 Å². The van der Waals surface area contributed by atoms with Crippen molar-refractivity contribution in [1.82, 2.24) is 4.98 Å². The zero-order chi connectivity index (χ0) is 11.5. The first-order chi connectivity index (χ1) is 7.65. The maximum absolute atomic E-state index is 5.99. The number of thiophene rings is 1. The number of halogens is 2. The molecule has 0 aromatic carbocycles. The second-order valence-electron chi connectivity index (χ2n) is 3.41. The highest BCUT2D eigenvalue weighted by Gasteiger charge is 2.02. The predicted octanol–water partition coefficient (Wildman–Crippen LogP) is 4.48. The van der Waals surface area contributed by atoms with E-state index in [1.807, 2.05) is 19.1 Å². The van der Waals surface area contributed by atoms with Gasteiger partial charge in [-0.25, -0.2) is 4.98 Å². The van der Waals surface area contributed by atoms with Crippen LogP contribution >= 0.6 is 38.9 Å². The zero-order valence-corrected chi connectivity index (χ0v) is 11.8. The van der Waals surface area contributed by atoms with Gasteiger partial charge in [0, 0.05) is 17.6 Å². The molecule has 0 aliphatic carbocycles. The summed E-state index contributed by atoms with van der Waals surface area (Å²) in [5, 5.41) is 3.79. The molecule has 0 aliphatic rings.